The molecule has 5 nitrogen and oxygen atoms in total. The van der Waals surface area contributed by atoms with Crippen molar-refractivity contribution >= 4 is 22.6 Å². The Morgan fingerprint density at radius 2 is 2.06 bits per heavy atom. The molecule has 4 atom stereocenters. The molecule has 16 heavy (non-hydrogen) atoms. The van der Waals surface area contributed by atoms with E-state index in [4.69, 9.17) is 9.84 Å². The maximum Gasteiger partial charge on any atom is 0.113 e. The van der Waals surface area contributed by atoms with Crippen molar-refractivity contribution in [2.45, 2.75) is 24.4 Å². The maximum absolute atomic E-state index is 9.77. The summed E-state index contributed by atoms with van der Waals surface area (Å²) in [5.41, 5.74) is 0.697. The predicted octanol–water partition coefficient (Wildman–Crippen LogP) is -0.160. The van der Waals surface area contributed by atoms with E-state index >= 15 is 0 Å². The minimum Gasteiger partial charge on any atom is -0.394 e. The van der Waals surface area contributed by atoms with E-state index in [2.05, 4.69) is 27.6 Å². The molecule has 1 aliphatic heterocycles. The first-order valence-corrected chi connectivity index (χ1v) is 5.95. The van der Waals surface area contributed by atoms with Gasteiger partial charge in [-0.15, -0.1) is 0 Å². The Hall–Kier alpha value is -0.280. The monoisotopic (exact) mass is 337 g/mol. The predicted molar refractivity (Wildman–Crippen MR) is 63.7 cm³/mol. The van der Waals surface area contributed by atoms with E-state index in [-0.39, 0.29) is 6.61 Å². The maximum atomic E-state index is 9.77. The van der Waals surface area contributed by atoms with E-state index in [9.17, 15) is 10.2 Å². The van der Waals surface area contributed by atoms with E-state index < -0.39 is 24.4 Å². The fourth-order valence-electron chi connectivity index (χ4n) is 1.73. The molecule has 1 aromatic rings. The summed E-state index contributed by atoms with van der Waals surface area (Å²) in [5, 5.41) is 28.3. The number of hydrogen-bond donors (Lipinski definition) is 3. The number of hydrogen-bond acceptors (Lipinski definition) is 5. The standard InChI is InChI=1S/C10H12INO4/c11-7-2-1-5(3-12-7)10-9(15)8(14)6(4-13)16-10/h1-3,6,8-10,13-15H,4H2/t6-,8-,9-,10+/m1/s1. The third-order valence-corrected chi connectivity index (χ3v) is 3.26. The van der Waals surface area contributed by atoms with Gasteiger partial charge >= 0.3 is 0 Å². The van der Waals surface area contributed by atoms with Crippen LogP contribution in [0.4, 0.5) is 0 Å². The molecule has 0 bridgehead atoms. The van der Waals surface area contributed by atoms with Gasteiger partial charge in [0, 0.05) is 11.8 Å². The van der Waals surface area contributed by atoms with Gasteiger partial charge in [-0.3, -0.25) is 0 Å². The molecule has 88 valence electrons. The van der Waals surface area contributed by atoms with Gasteiger partial charge in [0.05, 0.1) is 6.61 Å². The third kappa shape index (κ3) is 2.21. The number of pyridine rings is 1. The Labute approximate surface area is 106 Å². The van der Waals surface area contributed by atoms with Crippen LogP contribution in [0.1, 0.15) is 11.7 Å². The largest absolute Gasteiger partial charge is 0.394 e. The molecule has 0 saturated carbocycles. The van der Waals surface area contributed by atoms with Crippen molar-refractivity contribution in [3.05, 3.63) is 27.6 Å². The lowest BCUT2D eigenvalue weighted by Gasteiger charge is -2.14. The molecular weight excluding hydrogens is 325 g/mol. The fraction of sp³-hybridized carbons (Fsp3) is 0.500. The van der Waals surface area contributed by atoms with Gasteiger partial charge in [-0.2, -0.15) is 0 Å². The summed E-state index contributed by atoms with van der Waals surface area (Å²) in [7, 11) is 0. The van der Waals surface area contributed by atoms with E-state index in [1.54, 1.807) is 18.3 Å². The van der Waals surface area contributed by atoms with Gasteiger partial charge in [0.25, 0.3) is 0 Å². The second-order valence-electron chi connectivity index (χ2n) is 3.67. The summed E-state index contributed by atoms with van der Waals surface area (Å²) in [4.78, 5) is 4.09. The number of rotatable bonds is 2. The third-order valence-electron chi connectivity index (χ3n) is 2.62. The number of halogens is 1. The second kappa shape index (κ2) is 4.92. The molecular formula is C10H12INO4. The van der Waals surface area contributed by atoms with Gasteiger partial charge in [-0.1, -0.05) is 6.07 Å². The molecule has 0 amide bonds. The Balaban J connectivity index is 2.19. The second-order valence-corrected chi connectivity index (χ2v) is 4.78. The van der Waals surface area contributed by atoms with E-state index in [1.807, 2.05) is 0 Å². The topological polar surface area (TPSA) is 82.8 Å². The summed E-state index contributed by atoms with van der Waals surface area (Å²) < 4.78 is 6.21. The first kappa shape index (κ1) is 12.2. The first-order valence-electron chi connectivity index (χ1n) is 4.87. The minimum absolute atomic E-state index is 0.313. The molecule has 0 unspecified atom stereocenters. The number of aliphatic hydroxyl groups is 3. The van der Waals surface area contributed by atoms with Crippen molar-refractivity contribution in [3.8, 4) is 0 Å². The SMILES string of the molecule is OC[C@H]1O[C@@H](c2ccc(I)nc2)[C@H](O)[C@@H]1O. The summed E-state index contributed by atoms with van der Waals surface area (Å²) in [6.45, 7) is -0.313. The molecule has 3 N–H and O–H groups in total. The van der Waals surface area contributed by atoms with Gasteiger partial charge < -0.3 is 20.1 Å². The van der Waals surface area contributed by atoms with Crippen LogP contribution in [0.2, 0.25) is 0 Å². The van der Waals surface area contributed by atoms with Crippen LogP contribution in [0.3, 0.4) is 0 Å². The number of nitrogens with zero attached hydrogens (tertiary/aromatic N) is 1. The van der Waals surface area contributed by atoms with Crippen LogP contribution in [0.25, 0.3) is 0 Å². The number of aromatic nitrogens is 1. The molecule has 0 aromatic carbocycles. The Bertz CT molecular complexity index is 358. The van der Waals surface area contributed by atoms with Crippen LogP contribution in [-0.2, 0) is 4.74 Å². The summed E-state index contributed by atoms with van der Waals surface area (Å²) in [5.74, 6) is 0. The molecule has 1 saturated heterocycles. The lowest BCUT2D eigenvalue weighted by molar-refractivity contribution is -0.0228. The van der Waals surface area contributed by atoms with Gasteiger partial charge in [0.2, 0.25) is 0 Å². The molecule has 1 fully saturated rings. The molecule has 6 heteroatoms. The highest BCUT2D eigenvalue weighted by molar-refractivity contribution is 14.1. The van der Waals surface area contributed by atoms with Crippen molar-refractivity contribution < 1.29 is 20.1 Å². The highest BCUT2D eigenvalue weighted by Gasteiger charge is 2.42. The lowest BCUT2D eigenvalue weighted by Crippen LogP contribution is -2.32. The number of aliphatic hydroxyl groups excluding tert-OH is 3. The normalized spacial score (nSPS) is 34.2. The summed E-state index contributed by atoms with van der Waals surface area (Å²) in [6.07, 6.45) is -1.86. The Kier molecular flexibility index (Phi) is 3.75. The molecule has 0 aliphatic carbocycles. The van der Waals surface area contributed by atoms with Crippen LogP contribution in [0, 0.1) is 3.70 Å². The van der Waals surface area contributed by atoms with Crippen molar-refractivity contribution in [1.82, 2.24) is 4.98 Å². The summed E-state index contributed by atoms with van der Waals surface area (Å²) in [6, 6.07) is 3.58. The first-order chi connectivity index (χ1) is 7.63. The van der Waals surface area contributed by atoms with Gasteiger partial charge in [0.1, 0.15) is 28.1 Å². The zero-order chi connectivity index (χ0) is 11.7. The number of ether oxygens (including phenoxy) is 1. The van der Waals surface area contributed by atoms with Crippen LogP contribution >= 0.6 is 22.6 Å². The minimum atomic E-state index is -1.06. The van der Waals surface area contributed by atoms with Gasteiger partial charge in [0.15, 0.2) is 0 Å². The molecule has 2 heterocycles. The molecule has 1 aliphatic rings. The van der Waals surface area contributed by atoms with Gasteiger partial charge in [-0.05, 0) is 28.7 Å². The highest BCUT2D eigenvalue weighted by atomic mass is 127. The van der Waals surface area contributed by atoms with Crippen LogP contribution in [0.5, 0.6) is 0 Å². The quantitative estimate of drug-likeness (QED) is 0.516. The fourth-order valence-corrected chi connectivity index (χ4v) is 2.05. The average Bonchev–Trinajstić information content (AvgIpc) is 2.57. The molecule has 2 rings (SSSR count). The van der Waals surface area contributed by atoms with Crippen molar-refractivity contribution in [1.29, 1.82) is 0 Å². The van der Waals surface area contributed by atoms with Crippen LogP contribution in [0.15, 0.2) is 18.3 Å². The van der Waals surface area contributed by atoms with Crippen LogP contribution in [-0.4, -0.2) is 45.2 Å². The van der Waals surface area contributed by atoms with Crippen LogP contribution < -0.4 is 0 Å². The van der Waals surface area contributed by atoms with Crippen molar-refractivity contribution in [2.75, 3.05) is 6.61 Å². The average molecular weight is 337 g/mol. The zero-order valence-corrected chi connectivity index (χ0v) is 10.5. The van der Waals surface area contributed by atoms with E-state index in [1.165, 1.54) is 0 Å². The Morgan fingerprint density at radius 1 is 1.31 bits per heavy atom. The van der Waals surface area contributed by atoms with E-state index in [0.29, 0.717) is 5.56 Å². The van der Waals surface area contributed by atoms with E-state index in [0.717, 1.165) is 3.70 Å². The highest BCUT2D eigenvalue weighted by Crippen LogP contribution is 2.33. The zero-order valence-electron chi connectivity index (χ0n) is 8.32. The lowest BCUT2D eigenvalue weighted by atomic mass is 10.0. The summed E-state index contributed by atoms with van der Waals surface area (Å²) >= 11 is 2.08. The van der Waals surface area contributed by atoms with Crippen molar-refractivity contribution in [2.24, 2.45) is 0 Å². The molecule has 0 radical (unpaired) electrons. The van der Waals surface area contributed by atoms with Crippen molar-refractivity contribution in [3.63, 3.8) is 0 Å². The Morgan fingerprint density at radius 3 is 2.56 bits per heavy atom. The smallest absolute Gasteiger partial charge is 0.113 e. The molecule has 1 aromatic heterocycles. The van der Waals surface area contributed by atoms with Gasteiger partial charge in [-0.25, -0.2) is 4.98 Å². The molecule has 0 spiro atoms.